The number of aliphatic carboxylic acids is 1. The highest BCUT2D eigenvalue weighted by Gasteiger charge is 2.38. The molecule has 1 aromatic carbocycles. The lowest BCUT2D eigenvalue weighted by Crippen LogP contribution is -2.55. The summed E-state index contributed by atoms with van der Waals surface area (Å²) in [6, 6.07) is 12.7. The maximum atomic E-state index is 12.6. The van der Waals surface area contributed by atoms with Gasteiger partial charge in [0.15, 0.2) is 11.5 Å². The molecule has 1 saturated heterocycles. The van der Waals surface area contributed by atoms with Gasteiger partial charge in [0.25, 0.3) is 5.91 Å². The Hall–Kier alpha value is -3.04. The largest absolute Gasteiger partial charge is 0.481 e. The van der Waals surface area contributed by atoms with Crippen molar-refractivity contribution in [2.24, 2.45) is 0 Å². The summed E-state index contributed by atoms with van der Waals surface area (Å²) in [5, 5.41) is 12.2. The van der Waals surface area contributed by atoms with Crippen molar-refractivity contribution < 1.29 is 19.1 Å². The molecule has 27 heavy (non-hydrogen) atoms. The molecule has 6 nitrogen and oxygen atoms in total. The molecule has 0 saturated carbocycles. The van der Waals surface area contributed by atoms with Crippen LogP contribution in [0.25, 0.3) is 0 Å². The third-order valence-corrected chi connectivity index (χ3v) is 4.75. The fourth-order valence-corrected chi connectivity index (χ4v) is 3.17. The van der Waals surface area contributed by atoms with E-state index in [9.17, 15) is 14.7 Å². The molecule has 0 atom stereocenters. The summed E-state index contributed by atoms with van der Waals surface area (Å²) in [4.78, 5) is 26.0. The molecule has 2 aromatic rings. The molecule has 0 aliphatic carbocycles. The monoisotopic (exact) mass is 366 g/mol. The van der Waals surface area contributed by atoms with Crippen molar-refractivity contribution in [1.29, 1.82) is 0 Å². The van der Waals surface area contributed by atoms with E-state index in [1.807, 2.05) is 37.4 Å². The quantitative estimate of drug-likeness (QED) is 0.812. The van der Waals surface area contributed by atoms with E-state index in [1.54, 1.807) is 12.1 Å². The predicted molar refractivity (Wildman–Crippen MR) is 100 cm³/mol. The molecule has 1 aromatic heterocycles. The summed E-state index contributed by atoms with van der Waals surface area (Å²) in [6.45, 7) is 1.47. The summed E-state index contributed by atoms with van der Waals surface area (Å²) in [7, 11) is 1.98. The van der Waals surface area contributed by atoms with Crippen LogP contribution in [-0.4, -0.2) is 47.6 Å². The van der Waals surface area contributed by atoms with Crippen LogP contribution in [0.2, 0.25) is 0 Å². The van der Waals surface area contributed by atoms with E-state index >= 15 is 0 Å². The topological polar surface area (TPSA) is 82.8 Å². The second-order valence-electron chi connectivity index (χ2n) is 6.89. The Morgan fingerprint density at radius 3 is 2.52 bits per heavy atom. The minimum absolute atomic E-state index is 0.103. The highest BCUT2D eigenvalue weighted by atomic mass is 16.4. The van der Waals surface area contributed by atoms with E-state index < -0.39 is 17.4 Å². The number of hydrogen-bond acceptors (Lipinski definition) is 4. The smallest absolute Gasteiger partial charge is 0.305 e. The summed E-state index contributed by atoms with van der Waals surface area (Å²) in [6.07, 6.45) is 1.07. The van der Waals surface area contributed by atoms with Crippen molar-refractivity contribution in [3.8, 4) is 11.8 Å². The number of nitrogens with one attached hydrogen (secondary N) is 1. The van der Waals surface area contributed by atoms with Crippen LogP contribution in [0.15, 0.2) is 46.9 Å². The number of nitrogens with zero attached hydrogens (tertiary/aromatic N) is 1. The standard InChI is InChI=1S/C21H22N2O4/c1-23-13-11-21(12-14-23,15-19(24)25)22-20(26)18-10-9-17(27-18)8-7-16-5-3-2-4-6-16/h2-6,9-10H,11-15H2,1H3,(H,22,26)(H,24,25). The number of benzene rings is 1. The van der Waals surface area contributed by atoms with Gasteiger partial charge in [-0.3, -0.25) is 9.59 Å². The lowest BCUT2D eigenvalue weighted by molar-refractivity contribution is -0.139. The molecule has 0 spiro atoms. The van der Waals surface area contributed by atoms with Crippen molar-refractivity contribution in [3.63, 3.8) is 0 Å². The summed E-state index contributed by atoms with van der Waals surface area (Å²) < 4.78 is 5.54. The summed E-state index contributed by atoms with van der Waals surface area (Å²) in [5.41, 5.74) is 0.101. The molecule has 140 valence electrons. The minimum atomic E-state index is -0.922. The molecule has 3 rings (SSSR count). The molecule has 2 heterocycles. The number of rotatable bonds is 4. The van der Waals surface area contributed by atoms with E-state index in [1.165, 1.54) is 0 Å². The van der Waals surface area contributed by atoms with Crippen molar-refractivity contribution in [3.05, 3.63) is 59.5 Å². The highest BCUT2D eigenvalue weighted by Crippen LogP contribution is 2.26. The normalized spacial score (nSPS) is 16.2. The zero-order valence-corrected chi connectivity index (χ0v) is 15.2. The van der Waals surface area contributed by atoms with E-state index in [2.05, 4.69) is 22.1 Å². The Morgan fingerprint density at radius 2 is 1.85 bits per heavy atom. The van der Waals surface area contributed by atoms with Gasteiger partial charge in [0, 0.05) is 18.7 Å². The number of furan rings is 1. The number of carbonyl (C=O) groups is 2. The Morgan fingerprint density at radius 1 is 1.15 bits per heavy atom. The first-order valence-corrected chi connectivity index (χ1v) is 8.86. The van der Waals surface area contributed by atoms with Crippen molar-refractivity contribution in [1.82, 2.24) is 10.2 Å². The first-order chi connectivity index (χ1) is 13.0. The van der Waals surface area contributed by atoms with E-state index in [-0.39, 0.29) is 12.2 Å². The van der Waals surface area contributed by atoms with Gasteiger partial charge in [0.05, 0.1) is 12.0 Å². The number of carbonyl (C=O) groups excluding carboxylic acids is 1. The fraction of sp³-hybridized carbons (Fsp3) is 0.333. The second kappa shape index (κ2) is 8.11. The first kappa shape index (κ1) is 18.7. The third kappa shape index (κ3) is 4.99. The minimum Gasteiger partial charge on any atom is -0.481 e. The van der Waals surface area contributed by atoms with Gasteiger partial charge in [0.2, 0.25) is 0 Å². The Balaban J connectivity index is 1.71. The Labute approximate surface area is 158 Å². The molecule has 1 aliphatic rings. The van der Waals surface area contributed by atoms with Gasteiger partial charge >= 0.3 is 5.97 Å². The molecular formula is C21H22N2O4. The molecular weight excluding hydrogens is 344 g/mol. The van der Waals surface area contributed by atoms with Crippen LogP contribution in [0.5, 0.6) is 0 Å². The molecule has 0 radical (unpaired) electrons. The van der Waals surface area contributed by atoms with Crippen LogP contribution in [-0.2, 0) is 4.79 Å². The van der Waals surface area contributed by atoms with E-state index in [0.717, 1.165) is 18.7 Å². The van der Waals surface area contributed by atoms with Crippen LogP contribution in [0.3, 0.4) is 0 Å². The molecule has 1 fully saturated rings. The molecule has 2 N–H and O–H groups in total. The Bertz CT molecular complexity index is 868. The number of amides is 1. The maximum Gasteiger partial charge on any atom is 0.305 e. The number of carboxylic acid groups (broad SMARTS) is 1. The molecule has 1 amide bonds. The maximum absolute atomic E-state index is 12.6. The molecule has 1 aliphatic heterocycles. The van der Waals surface area contributed by atoms with Gasteiger partial charge in [-0.25, -0.2) is 0 Å². The van der Waals surface area contributed by atoms with Gasteiger partial charge in [-0.05, 0) is 50.1 Å². The Kier molecular flexibility index (Phi) is 5.63. The first-order valence-electron chi connectivity index (χ1n) is 8.86. The van der Waals surface area contributed by atoms with Crippen LogP contribution >= 0.6 is 0 Å². The average Bonchev–Trinajstić information content (AvgIpc) is 3.12. The molecule has 0 unspecified atom stereocenters. The van der Waals surface area contributed by atoms with Crippen molar-refractivity contribution in [2.75, 3.05) is 20.1 Å². The van der Waals surface area contributed by atoms with E-state index in [0.29, 0.717) is 18.6 Å². The number of likely N-dealkylation sites (tertiary alicyclic amines) is 1. The highest BCUT2D eigenvalue weighted by molar-refractivity contribution is 5.92. The average molecular weight is 366 g/mol. The lowest BCUT2D eigenvalue weighted by Gasteiger charge is -2.40. The fourth-order valence-electron chi connectivity index (χ4n) is 3.17. The van der Waals surface area contributed by atoms with Crippen LogP contribution < -0.4 is 5.32 Å². The van der Waals surface area contributed by atoms with Crippen LogP contribution in [0.4, 0.5) is 0 Å². The lowest BCUT2D eigenvalue weighted by atomic mass is 9.84. The molecule has 0 bridgehead atoms. The van der Waals surface area contributed by atoms with Gasteiger partial charge in [-0.15, -0.1) is 0 Å². The van der Waals surface area contributed by atoms with E-state index in [4.69, 9.17) is 4.42 Å². The van der Waals surface area contributed by atoms with Gasteiger partial charge < -0.3 is 19.7 Å². The van der Waals surface area contributed by atoms with Gasteiger partial charge in [0.1, 0.15) is 0 Å². The summed E-state index contributed by atoms with van der Waals surface area (Å²) >= 11 is 0. The summed E-state index contributed by atoms with van der Waals surface area (Å²) in [5.74, 6) is 5.06. The zero-order valence-electron chi connectivity index (χ0n) is 15.2. The number of carboxylic acids is 1. The second-order valence-corrected chi connectivity index (χ2v) is 6.89. The third-order valence-electron chi connectivity index (χ3n) is 4.75. The predicted octanol–water partition coefficient (Wildman–Crippen LogP) is 2.35. The van der Waals surface area contributed by atoms with Gasteiger partial charge in [-0.1, -0.05) is 24.1 Å². The molecule has 6 heteroatoms. The number of hydrogen-bond donors (Lipinski definition) is 2. The zero-order chi connectivity index (χ0) is 19.3. The number of piperidine rings is 1. The van der Waals surface area contributed by atoms with Crippen molar-refractivity contribution >= 4 is 11.9 Å². The van der Waals surface area contributed by atoms with Crippen LogP contribution in [0.1, 0.15) is 41.1 Å². The van der Waals surface area contributed by atoms with Gasteiger partial charge in [-0.2, -0.15) is 0 Å². The van der Waals surface area contributed by atoms with Crippen LogP contribution in [0, 0.1) is 11.8 Å². The SMILES string of the molecule is CN1CCC(CC(=O)O)(NC(=O)c2ccc(C#Cc3ccccc3)o2)CC1. The van der Waals surface area contributed by atoms with Crippen molar-refractivity contribution in [2.45, 2.75) is 24.8 Å².